The normalized spacial score (nSPS) is 29.7. The van der Waals surface area contributed by atoms with E-state index in [2.05, 4.69) is 9.98 Å². The lowest BCUT2D eigenvalue weighted by Crippen LogP contribution is -2.46. The van der Waals surface area contributed by atoms with Gasteiger partial charge in [-0.25, -0.2) is 4.99 Å². The lowest BCUT2D eigenvalue weighted by Gasteiger charge is -2.29. The largest absolute Gasteiger partial charge is 0.467 e. The van der Waals surface area contributed by atoms with Gasteiger partial charge in [0.05, 0.1) is 6.61 Å². The fourth-order valence-electron chi connectivity index (χ4n) is 2.64. The molecule has 1 fully saturated rings. The summed E-state index contributed by atoms with van der Waals surface area (Å²) in [6, 6.07) is 2.04. The van der Waals surface area contributed by atoms with Gasteiger partial charge in [-0.05, 0) is 26.0 Å². The molecular formula is C13H13N3O2. The minimum absolute atomic E-state index is 0.0645. The van der Waals surface area contributed by atoms with Gasteiger partial charge in [-0.15, -0.1) is 0 Å². The van der Waals surface area contributed by atoms with Gasteiger partial charge in [0.15, 0.2) is 11.6 Å². The van der Waals surface area contributed by atoms with E-state index in [0.717, 1.165) is 10.9 Å². The van der Waals surface area contributed by atoms with E-state index in [4.69, 9.17) is 14.5 Å². The van der Waals surface area contributed by atoms with Crippen LogP contribution in [0.3, 0.4) is 0 Å². The van der Waals surface area contributed by atoms with E-state index in [1.54, 1.807) is 6.20 Å². The maximum atomic E-state index is 5.98. The zero-order valence-corrected chi connectivity index (χ0v) is 10.3. The zero-order valence-electron chi connectivity index (χ0n) is 10.3. The van der Waals surface area contributed by atoms with Gasteiger partial charge in [0.2, 0.25) is 5.88 Å². The average Bonchev–Trinajstić information content (AvgIpc) is 2.89. The van der Waals surface area contributed by atoms with Crippen molar-refractivity contribution in [3.8, 4) is 5.88 Å². The van der Waals surface area contributed by atoms with E-state index in [-0.39, 0.29) is 17.7 Å². The molecule has 1 aromatic heterocycles. The first-order chi connectivity index (χ1) is 8.63. The van der Waals surface area contributed by atoms with Gasteiger partial charge in [-0.3, -0.25) is 4.99 Å². The van der Waals surface area contributed by atoms with Crippen LogP contribution >= 0.6 is 0 Å². The molecule has 0 aliphatic carbocycles. The summed E-state index contributed by atoms with van der Waals surface area (Å²) in [7, 11) is 0. The van der Waals surface area contributed by atoms with Crippen molar-refractivity contribution in [3.05, 3.63) is 28.7 Å². The van der Waals surface area contributed by atoms with Crippen LogP contribution in [0.25, 0.3) is 6.08 Å². The quantitative estimate of drug-likeness (QED) is 0.656. The van der Waals surface area contributed by atoms with Crippen molar-refractivity contribution in [3.63, 3.8) is 0 Å². The molecule has 1 aromatic rings. The van der Waals surface area contributed by atoms with Gasteiger partial charge in [-0.2, -0.15) is 4.98 Å². The molecule has 92 valence electrons. The summed E-state index contributed by atoms with van der Waals surface area (Å²) in [5.41, 5.74) is 1.39. The number of pyridine rings is 1. The maximum absolute atomic E-state index is 5.98. The van der Waals surface area contributed by atoms with E-state index >= 15 is 0 Å². The smallest absolute Gasteiger partial charge is 0.242 e. The Labute approximate surface area is 104 Å². The topological polar surface area (TPSA) is 56.1 Å². The maximum Gasteiger partial charge on any atom is 0.242 e. The Morgan fingerprint density at radius 1 is 1.39 bits per heavy atom. The van der Waals surface area contributed by atoms with E-state index in [1.807, 2.05) is 26.0 Å². The molecular weight excluding hydrogens is 230 g/mol. The monoisotopic (exact) mass is 243 g/mol. The van der Waals surface area contributed by atoms with Gasteiger partial charge in [-0.1, -0.05) is 0 Å². The third kappa shape index (κ3) is 1.28. The third-order valence-electron chi connectivity index (χ3n) is 3.63. The summed E-state index contributed by atoms with van der Waals surface area (Å²) in [5, 5.41) is 0.804. The number of hydrogen-bond donors (Lipinski definition) is 0. The first kappa shape index (κ1) is 10.2. The molecule has 4 rings (SSSR count). The lowest BCUT2D eigenvalue weighted by molar-refractivity contribution is -0.0223. The number of fused-ring (bicyclic) bond motifs is 3. The van der Waals surface area contributed by atoms with E-state index in [1.165, 1.54) is 0 Å². The van der Waals surface area contributed by atoms with Crippen molar-refractivity contribution < 1.29 is 9.47 Å². The molecule has 0 spiro atoms. The number of ether oxygens (including phenoxy) is 2. The Morgan fingerprint density at radius 3 is 3.17 bits per heavy atom. The van der Waals surface area contributed by atoms with Crippen molar-refractivity contribution in [2.75, 3.05) is 6.61 Å². The first-order valence-corrected chi connectivity index (χ1v) is 6.07. The molecule has 5 heteroatoms. The van der Waals surface area contributed by atoms with Crippen molar-refractivity contribution in [1.29, 1.82) is 0 Å². The number of nitrogens with zero attached hydrogens (tertiary/aromatic N) is 3. The van der Waals surface area contributed by atoms with Crippen LogP contribution in [0.1, 0.15) is 19.4 Å². The predicted molar refractivity (Wildman–Crippen MR) is 63.8 cm³/mol. The molecule has 0 aromatic carbocycles. The molecule has 0 N–H and O–H groups in total. The Kier molecular flexibility index (Phi) is 1.80. The summed E-state index contributed by atoms with van der Waals surface area (Å²) in [6.07, 6.45) is 3.61. The first-order valence-electron chi connectivity index (χ1n) is 6.07. The number of aromatic nitrogens is 1. The third-order valence-corrected chi connectivity index (χ3v) is 3.63. The van der Waals surface area contributed by atoms with Crippen molar-refractivity contribution in [1.82, 2.24) is 4.98 Å². The molecule has 0 bridgehead atoms. The molecule has 0 amide bonds. The Hall–Kier alpha value is -1.75. The second-order valence-electron chi connectivity index (χ2n) is 5.32. The van der Waals surface area contributed by atoms with Crippen LogP contribution in [-0.2, 0) is 4.74 Å². The van der Waals surface area contributed by atoms with Crippen LogP contribution < -0.4 is 15.6 Å². The van der Waals surface area contributed by atoms with Crippen LogP contribution in [0, 0.1) is 0 Å². The molecule has 0 saturated carbocycles. The zero-order chi connectivity index (χ0) is 12.3. The lowest BCUT2D eigenvalue weighted by atomic mass is 9.98. The van der Waals surface area contributed by atoms with Gasteiger partial charge in [0.1, 0.15) is 17.0 Å². The van der Waals surface area contributed by atoms with E-state index < -0.39 is 0 Å². The number of rotatable bonds is 0. The molecule has 5 nitrogen and oxygen atoms in total. The van der Waals surface area contributed by atoms with Crippen molar-refractivity contribution in [2.45, 2.75) is 31.6 Å². The molecule has 2 atom stereocenters. The summed E-state index contributed by atoms with van der Waals surface area (Å²) in [6.45, 7) is 4.66. The minimum atomic E-state index is -0.318. The van der Waals surface area contributed by atoms with Crippen molar-refractivity contribution in [2.24, 2.45) is 9.98 Å². The molecule has 4 heterocycles. The van der Waals surface area contributed by atoms with Crippen LogP contribution in [0.2, 0.25) is 0 Å². The average molecular weight is 243 g/mol. The SMILES string of the molecule is CC1(C)OC[C@H]2N=c3cc4c(nc3O[C@@H]21)=NC=C4. The van der Waals surface area contributed by atoms with Gasteiger partial charge in [0.25, 0.3) is 0 Å². The minimum Gasteiger partial charge on any atom is -0.467 e. The van der Waals surface area contributed by atoms with Crippen LogP contribution in [0.4, 0.5) is 0 Å². The van der Waals surface area contributed by atoms with Crippen LogP contribution in [-0.4, -0.2) is 29.3 Å². The number of hydrogen-bond acceptors (Lipinski definition) is 5. The highest BCUT2D eigenvalue weighted by Gasteiger charge is 2.47. The molecule has 18 heavy (non-hydrogen) atoms. The van der Waals surface area contributed by atoms with Gasteiger partial charge in [0, 0.05) is 11.8 Å². The highest BCUT2D eigenvalue weighted by molar-refractivity contribution is 5.50. The molecule has 1 saturated heterocycles. The van der Waals surface area contributed by atoms with Gasteiger partial charge >= 0.3 is 0 Å². The summed E-state index contributed by atoms with van der Waals surface area (Å²) in [4.78, 5) is 13.3. The Morgan fingerprint density at radius 2 is 2.28 bits per heavy atom. The summed E-state index contributed by atoms with van der Waals surface area (Å²) in [5.74, 6) is 0.570. The van der Waals surface area contributed by atoms with E-state index in [9.17, 15) is 0 Å². The van der Waals surface area contributed by atoms with E-state index in [0.29, 0.717) is 18.0 Å². The summed E-state index contributed by atoms with van der Waals surface area (Å²) < 4.78 is 11.7. The summed E-state index contributed by atoms with van der Waals surface area (Å²) >= 11 is 0. The fraction of sp³-hybridized carbons (Fsp3) is 0.462. The van der Waals surface area contributed by atoms with Crippen molar-refractivity contribution >= 4 is 6.08 Å². The molecule has 3 aliphatic rings. The molecule has 0 unspecified atom stereocenters. The second kappa shape index (κ2) is 3.17. The second-order valence-corrected chi connectivity index (χ2v) is 5.32. The molecule has 0 radical (unpaired) electrons. The highest BCUT2D eigenvalue weighted by Crippen LogP contribution is 2.31. The highest BCUT2D eigenvalue weighted by atomic mass is 16.6. The predicted octanol–water partition coefficient (Wildman–Crippen LogP) is 0.243. The standard InChI is InChI=1S/C13H13N3O2/c1-13(2)10-9(6-17-13)15-8-5-7-3-4-14-11(7)16-12(8)18-10/h3-5,9-10H,6H2,1-2H3/t9-,10+/m1/s1. The molecule has 3 aliphatic heterocycles. The Bertz CT molecular complexity index is 678. The van der Waals surface area contributed by atoms with Crippen LogP contribution in [0.5, 0.6) is 5.88 Å². The Balaban J connectivity index is 1.88. The van der Waals surface area contributed by atoms with Gasteiger partial charge < -0.3 is 9.47 Å². The fourth-order valence-corrected chi connectivity index (χ4v) is 2.64. The van der Waals surface area contributed by atoms with Crippen LogP contribution in [0.15, 0.2) is 22.3 Å².